The third kappa shape index (κ3) is 3.01. The minimum absolute atomic E-state index is 0.421. The van der Waals surface area contributed by atoms with E-state index in [1.165, 1.54) is 25.7 Å². The molecule has 0 aliphatic heterocycles. The topological polar surface area (TPSA) is 44.5 Å². The van der Waals surface area contributed by atoms with Crippen molar-refractivity contribution >= 4 is 0 Å². The lowest BCUT2D eigenvalue weighted by Gasteiger charge is -2.36. The van der Waals surface area contributed by atoms with Crippen molar-refractivity contribution in [3.05, 3.63) is 0 Å². The molecule has 2 saturated carbocycles. The highest BCUT2D eigenvalue weighted by atomic mass is 16.5. The Balaban J connectivity index is 1.66. The second kappa shape index (κ2) is 6.17. The van der Waals surface area contributed by atoms with Gasteiger partial charge in [-0.05, 0) is 55.9 Å². The molecule has 3 atom stereocenters. The van der Waals surface area contributed by atoms with E-state index in [0.717, 1.165) is 51.0 Å². The molecule has 0 heterocycles. The number of ether oxygens (including phenoxy) is 2. The number of hydrogen-bond donors (Lipinski definition) is 1. The molecule has 3 unspecified atom stereocenters. The summed E-state index contributed by atoms with van der Waals surface area (Å²) in [5.74, 6) is 1.86. The molecule has 2 N–H and O–H groups in total. The maximum atomic E-state index is 6.04. The van der Waals surface area contributed by atoms with Crippen LogP contribution >= 0.6 is 0 Å². The number of fused-ring (bicyclic) bond motifs is 2. The molecule has 3 nitrogen and oxygen atoms in total. The fraction of sp³-hybridized carbons (Fsp3) is 1.00. The maximum absolute atomic E-state index is 6.04. The van der Waals surface area contributed by atoms with Gasteiger partial charge in [0.25, 0.3) is 0 Å². The molecule has 2 rings (SSSR count). The first-order chi connectivity index (χ1) is 8.30. The van der Waals surface area contributed by atoms with Gasteiger partial charge in [-0.1, -0.05) is 6.42 Å². The van der Waals surface area contributed by atoms with E-state index in [0.29, 0.717) is 5.41 Å². The molecule has 0 amide bonds. The minimum Gasteiger partial charge on any atom is -0.385 e. The summed E-state index contributed by atoms with van der Waals surface area (Å²) in [6, 6.07) is 0. The van der Waals surface area contributed by atoms with E-state index >= 15 is 0 Å². The summed E-state index contributed by atoms with van der Waals surface area (Å²) in [5, 5.41) is 0. The van der Waals surface area contributed by atoms with Gasteiger partial charge in [-0.3, -0.25) is 0 Å². The predicted molar refractivity (Wildman–Crippen MR) is 68.9 cm³/mol. The first kappa shape index (κ1) is 13.3. The Morgan fingerprint density at radius 3 is 2.71 bits per heavy atom. The Morgan fingerprint density at radius 2 is 2.12 bits per heavy atom. The second-order valence-corrected chi connectivity index (χ2v) is 5.86. The van der Waals surface area contributed by atoms with Crippen LogP contribution in [0.3, 0.4) is 0 Å². The third-order valence-electron chi connectivity index (χ3n) is 4.89. The molecule has 2 bridgehead atoms. The van der Waals surface area contributed by atoms with Gasteiger partial charge in [0, 0.05) is 26.9 Å². The molecule has 2 fully saturated rings. The zero-order chi connectivity index (χ0) is 12.1. The van der Waals surface area contributed by atoms with Crippen LogP contribution in [0.4, 0.5) is 0 Å². The van der Waals surface area contributed by atoms with E-state index < -0.39 is 0 Å². The van der Waals surface area contributed by atoms with Crippen LogP contribution in [-0.4, -0.2) is 33.5 Å². The van der Waals surface area contributed by atoms with Crippen molar-refractivity contribution < 1.29 is 9.47 Å². The van der Waals surface area contributed by atoms with Crippen molar-refractivity contribution in [2.24, 2.45) is 23.0 Å². The second-order valence-electron chi connectivity index (χ2n) is 5.86. The summed E-state index contributed by atoms with van der Waals surface area (Å²) >= 11 is 0. The molecule has 17 heavy (non-hydrogen) atoms. The Hall–Kier alpha value is -0.120. The summed E-state index contributed by atoms with van der Waals surface area (Å²) in [4.78, 5) is 0. The number of methoxy groups -OCH3 is 1. The van der Waals surface area contributed by atoms with Gasteiger partial charge in [-0.15, -0.1) is 0 Å². The molecular weight excluding hydrogens is 214 g/mol. The first-order valence-corrected chi connectivity index (χ1v) is 7.07. The predicted octanol–water partition coefficient (Wildman–Crippen LogP) is 2.19. The van der Waals surface area contributed by atoms with E-state index in [4.69, 9.17) is 15.2 Å². The summed E-state index contributed by atoms with van der Waals surface area (Å²) in [5.41, 5.74) is 6.46. The molecule has 0 radical (unpaired) electrons. The van der Waals surface area contributed by atoms with Crippen molar-refractivity contribution in [3.8, 4) is 0 Å². The normalized spacial score (nSPS) is 35.6. The molecule has 3 heteroatoms. The van der Waals surface area contributed by atoms with E-state index in [1.54, 1.807) is 7.11 Å². The quantitative estimate of drug-likeness (QED) is 0.663. The van der Waals surface area contributed by atoms with Gasteiger partial charge in [0.15, 0.2) is 0 Å². The Morgan fingerprint density at radius 1 is 1.24 bits per heavy atom. The molecule has 0 aromatic carbocycles. The highest BCUT2D eigenvalue weighted by Gasteiger charge is 2.49. The van der Waals surface area contributed by atoms with Crippen LogP contribution in [0.2, 0.25) is 0 Å². The minimum atomic E-state index is 0.421. The smallest absolute Gasteiger partial charge is 0.0487 e. The van der Waals surface area contributed by atoms with E-state index in [1.807, 2.05) is 0 Å². The maximum Gasteiger partial charge on any atom is 0.0487 e. The highest BCUT2D eigenvalue weighted by molar-refractivity contribution is 5.00. The van der Waals surface area contributed by atoms with Crippen LogP contribution in [0.5, 0.6) is 0 Å². The fourth-order valence-corrected chi connectivity index (χ4v) is 3.90. The van der Waals surface area contributed by atoms with Crippen LogP contribution in [0.1, 0.15) is 38.5 Å². The van der Waals surface area contributed by atoms with Gasteiger partial charge in [0.1, 0.15) is 0 Å². The number of rotatable bonds is 8. The molecular formula is C14H27NO2. The van der Waals surface area contributed by atoms with Crippen LogP contribution in [0, 0.1) is 17.3 Å². The largest absolute Gasteiger partial charge is 0.385 e. The van der Waals surface area contributed by atoms with Crippen molar-refractivity contribution in [3.63, 3.8) is 0 Å². The average Bonchev–Trinajstić information content (AvgIpc) is 2.94. The van der Waals surface area contributed by atoms with E-state index in [-0.39, 0.29) is 0 Å². The third-order valence-corrected chi connectivity index (χ3v) is 4.89. The van der Waals surface area contributed by atoms with Crippen LogP contribution in [0.15, 0.2) is 0 Å². The zero-order valence-corrected chi connectivity index (χ0v) is 11.1. The SMILES string of the molecule is COCCCOCCC1(CN)CC2CCC1C2. The molecule has 0 aromatic rings. The van der Waals surface area contributed by atoms with Crippen LogP contribution in [0.25, 0.3) is 0 Å². The standard InChI is InChI=1S/C14H27NO2/c1-16-6-2-7-17-8-5-14(11-15)10-12-3-4-13(14)9-12/h12-13H,2-11,15H2,1H3. The van der Waals surface area contributed by atoms with Gasteiger partial charge in [-0.2, -0.15) is 0 Å². The molecule has 2 aliphatic rings. The molecule has 0 spiro atoms. The van der Waals surface area contributed by atoms with E-state index in [2.05, 4.69) is 0 Å². The summed E-state index contributed by atoms with van der Waals surface area (Å²) < 4.78 is 10.7. The van der Waals surface area contributed by atoms with Crippen molar-refractivity contribution in [2.75, 3.05) is 33.5 Å². The molecule has 0 saturated heterocycles. The van der Waals surface area contributed by atoms with Crippen molar-refractivity contribution in [1.29, 1.82) is 0 Å². The Labute approximate surface area is 105 Å². The fourth-order valence-electron chi connectivity index (χ4n) is 3.90. The summed E-state index contributed by atoms with van der Waals surface area (Å²) in [7, 11) is 1.73. The number of hydrogen-bond acceptors (Lipinski definition) is 3. The van der Waals surface area contributed by atoms with Gasteiger partial charge >= 0.3 is 0 Å². The molecule has 2 aliphatic carbocycles. The Kier molecular flexibility index (Phi) is 4.83. The van der Waals surface area contributed by atoms with Gasteiger partial charge in [0.2, 0.25) is 0 Å². The molecule has 0 aromatic heterocycles. The van der Waals surface area contributed by atoms with Crippen LogP contribution in [-0.2, 0) is 9.47 Å². The monoisotopic (exact) mass is 241 g/mol. The van der Waals surface area contributed by atoms with Gasteiger partial charge in [0.05, 0.1) is 0 Å². The number of nitrogens with two attached hydrogens (primary N) is 1. The highest BCUT2D eigenvalue weighted by Crippen LogP contribution is 2.57. The average molecular weight is 241 g/mol. The van der Waals surface area contributed by atoms with Crippen molar-refractivity contribution in [2.45, 2.75) is 38.5 Å². The zero-order valence-electron chi connectivity index (χ0n) is 11.1. The Bertz CT molecular complexity index is 234. The van der Waals surface area contributed by atoms with E-state index in [9.17, 15) is 0 Å². The lowest BCUT2D eigenvalue weighted by Crippen LogP contribution is -2.37. The molecule has 100 valence electrons. The lowest BCUT2D eigenvalue weighted by atomic mass is 9.71. The lowest BCUT2D eigenvalue weighted by molar-refractivity contribution is 0.0575. The van der Waals surface area contributed by atoms with Crippen molar-refractivity contribution in [1.82, 2.24) is 0 Å². The summed E-state index contributed by atoms with van der Waals surface area (Å²) in [6.45, 7) is 3.36. The summed E-state index contributed by atoms with van der Waals surface area (Å²) in [6.07, 6.45) is 7.80. The first-order valence-electron chi connectivity index (χ1n) is 7.07. The van der Waals surface area contributed by atoms with Gasteiger partial charge < -0.3 is 15.2 Å². The van der Waals surface area contributed by atoms with Crippen LogP contribution < -0.4 is 5.73 Å². The van der Waals surface area contributed by atoms with Gasteiger partial charge in [-0.25, -0.2) is 0 Å².